The van der Waals surface area contributed by atoms with E-state index in [0.29, 0.717) is 29.0 Å². The van der Waals surface area contributed by atoms with Gasteiger partial charge >= 0.3 is 0 Å². The molecule has 4 rings (SSSR count). The van der Waals surface area contributed by atoms with Crippen LogP contribution in [0, 0.1) is 5.92 Å². The largest absolute Gasteiger partial charge is 0.493 e. The van der Waals surface area contributed by atoms with Gasteiger partial charge in [-0.3, -0.25) is 14.6 Å². The number of fused-ring (bicyclic) bond motifs is 3. The summed E-state index contributed by atoms with van der Waals surface area (Å²) in [7, 11) is 3.13. The highest BCUT2D eigenvalue weighted by Crippen LogP contribution is 2.35. The van der Waals surface area contributed by atoms with Crippen LogP contribution in [-0.2, 0) is 16.1 Å². The van der Waals surface area contributed by atoms with Crippen molar-refractivity contribution < 1.29 is 19.1 Å². The molecule has 2 heterocycles. The van der Waals surface area contributed by atoms with Gasteiger partial charge in [0.15, 0.2) is 16.7 Å². The van der Waals surface area contributed by atoms with E-state index < -0.39 is 6.04 Å². The Morgan fingerprint density at radius 3 is 2.67 bits per heavy atom. The molecular weight excluding hydrogens is 440 g/mol. The number of ether oxygens (including phenoxy) is 2. The van der Waals surface area contributed by atoms with Gasteiger partial charge in [0, 0.05) is 17.7 Å². The molecule has 0 bridgehead atoms. The van der Waals surface area contributed by atoms with Crippen LogP contribution in [-0.4, -0.2) is 53.7 Å². The Balaban J connectivity index is 1.47. The molecule has 2 aromatic carbocycles. The van der Waals surface area contributed by atoms with Crippen LogP contribution in [0.25, 0.3) is 0 Å². The maximum atomic E-state index is 13.1. The van der Waals surface area contributed by atoms with Gasteiger partial charge in [-0.2, -0.15) is 0 Å². The number of benzene rings is 2. The first-order valence-electron chi connectivity index (χ1n) is 10.6. The number of carbonyl (C=O) groups excluding carboxylic acids is 2. The second-order valence-electron chi connectivity index (χ2n) is 7.94. The summed E-state index contributed by atoms with van der Waals surface area (Å²) in [6.45, 7) is 4.24. The smallest absolute Gasteiger partial charge is 0.259 e. The summed E-state index contributed by atoms with van der Waals surface area (Å²) < 4.78 is 10.7. The highest BCUT2D eigenvalue weighted by molar-refractivity contribution is 8.14. The molecule has 2 aliphatic heterocycles. The summed E-state index contributed by atoms with van der Waals surface area (Å²) in [5, 5.41) is 3.36. The van der Waals surface area contributed by atoms with Gasteiger partial charge in [-0.25, -0.2) is 9.89 Å². The van der Waals surface area contributed by atoms with Crippen LogP contribution in [0.1, 0.15) is 25.0 Å². The zero-order valence-corrected chi connectivity index (χ0v) is 19.8. The topological polar surface area (TPSA) is 92.6 Å². The molecule has 8 nitrogen and oxygen atoms in total. The molecule has 0 aliphatic carbocycles. The average Bonchev–Trinajstić information content (AvgIpc) is 3.18. The van der Waals surface area contributed by atoms with Crippen LogP contribution < -0.4 is 14.8 Å². The van der Waals surface area contributed by atoms with Crippen LogP contribution in [0.2, 0.25) is 0 Å². The molecular formula is C24H26N4O4S. The van der Waals surface area contributed by atoms with Gasteiger partial charge in [0.05, 0.1) is 25.7 Å². The van der Waals surface area contributed by atoms with Crippen molar-refractivity contribution in [3.05, 3.63) is 53.6 Å². The van der Waals surface area contributed by atoms with E-state index in [1.165, 1.54) is 11.8 Å². The molecule has 0 saturated heterocycles. The van der Waals surface area contributed by atoms with E-state index in [9.17, 15) is 9.59 Å². The number of rotatable bonds is 7. The normalized spacial score (nSPS) is 16.7. The molecule has 0 aromatic heterocycles. The molecule has 1 N–H and O–H groups in total. The van der Waals surface area contributed by atoms with Crippen molar-refractivity contribution in [1.29, 1.82) is 0 Å². The Morgan fingerprint density at radius 1 is 1.15 bits per heavy atom. The van der Waals surface area contributed by atoms with Crippen LogP contribution in [0.5, 0.6) is 11.5 Å². The summed E-state index contributed by atoms with van der Waals surface area (Å²) in [6.07, 6.45) is 0. The SMILES string of the molecule is COc1cccc(CNC(=O)CSC2=Nc3ccccc3C3=N[C@H](C(C)C)C(=O)N23)c1OC. The number of para-hydroxylation sites is 2. The number of amidine groups is 2. The lowest BCUT2D eigenvalue weighted by Gasteiger charge is -2.25. The van der Waals surface area contributed by atoms with Gasteiger partial charge in [0.1, 0.15) is 11.9 Å². The van der Waals surface area contributed by atoms with Crippen molar-refractivity contribution in [2.75, 3.05) is 20.0 Å². The summed E-state index contributed by atoms with van der Waals surface area (Å²) >= 11 is 1.22. The molecule has 33 heavy (non-hydrogen) atoms. The van der Waals surface area contributed by atoms with Crippen molar-refractivity contribution in [3.63, 3.8) is 0 Å². The van der Waals surface area contributed by atoms with Crippen molar-refractivity contribution >= 4 is 40.3 Å². The van der Waals surface area contributed by atoms with Crippen molar-refractivity contribution in [2.24, 2.45) is 15.9 Å². The average molecular weight is 467 g/mol. The number of nitrogens with one attached hydrogen (secondary N) is 1. The summed E-state index contributed by atoms with van der Waals surface area (Å²) in [6, 6.07) is 12.7. The molecule has 2 amide bonds. The van der Waals surface area contributed by atoms with Crippen LogP contribution in [0.15, 0.2) is 52.4 Å². The Hall–Kier alpha value is -3.33. The van der Waals surface area contributed by atoms with E-state index in [4.69, 9.17) is 14.5 Å². The molecule has 0 fully saturated rings. The number of aliphatic imine (C=N–C) groups is 2. The third-order valence-electron chi connectivity index (χ3n) is 5.42. The lowest BCUT2D eigenvalue weighted by atomic mass is 10.1. The third kappa shape index (κ3) is 4.45. The van der Waals surface area contributed by atoms with Crippen LogP contribution >= 0.6 is 11.8 Å². The fraction of sp³-hybridized carbons (Fsp3) is 0.333. The van der Waals surface area contributed by atoms with Gasteiger partial charge in [-0.1, -0.05) is 49.9 Å². The summed E-state index contributed by atoms with van der Waals surface area (Å²) in [5.41, 5.74) is 2.38. The molecule has 0 radical (unpaired) electrons. The molecule has 1 atom stereocenters. The first kappa shape index (κ1) is 22.8. The number of hydrogen-bond acceptors (Lipinski definition) is 7. The molecule has 0 unspecified atom stereocenters. The minimum Gasteiger partial charge on any atom is -0.493 e. The van der Waals surface area contributed by atoms with Crippen molar-refractivity contribution in [2.45, 2.75) is 26.4 Å². The van der Waals surface area contributed by atoms with Gasteiger partial charge < -0.3 is 14.8 Å². The maximum Gasteiger partial charge on any atom is 0.259 e. The molecule has 0 saturated carbocycles. The number of hydrogen-bond donors (Lipinski definition) is 1. The summed E-state index contributed by atoms with van der Waals surface area (Å²) in [4.78, 5) is 36.6. The van der Waals surface area contributed by atoms with Gasteiger partial charge in [-0.15, -0.1) is 0 Å². The fourth-order valence-corrected chi connectivity index (χ4v) is 4.60. The van der Waals surface area contributed by atoms with E-state index >= 15 is 0 Å². The lowest BCUT2D eigenvalue weighted by molar-refractivity contribution is -0.125. The molecule has 0 spiro atoms. The van der Waals surface area contributed by atoms with Crippen molar-refractivity contribution in [3.8, 4) is 11.5 Å². The standard InChI is InChI=1S/C24H26N4O4S/c1-14(2)20-23(30)28-22(27-20)16-9-5-6-10-17(16)26-24(28)33-13-19(29)25-12-15-8-7-11-18(31-3)21(15)32-4/h5-11,14,20H,12-13H2,1-4H3,(H,25,29)/t20-/m1/s1. The van der Waals surface area contributed by atoms with E-state index in [1.54, 1.807) is 25.2 Å². The number of amides is 2. The third-order valence-corrected chi connectivity index (χ3v) is 6.36. The van der Waals surface area contributed by atoms with Gasteiger partial charge in [0.2, 0.25) is 5.91 Å². The zero-order chi connectivity index (χ0) is 23.5. The van der Waals surface area contributed by atoms with Crippen LogP contribution in [0.4, 0.5) is 5.69 Å². The van der Waals surface area contributed by atoms with E-state index in [2.05, 4.69) is 10.3 Å². The molecule has 2 aromatic rings. The van der Waals surface area contributed by atoms with E-state index in [-0.39, 0.29) is 23.5 Å². The maximum absolute atomic E-state index is 13.1. The zero-order valence-electron chi connectivity index (χ0n) is 19.0. The molecule has 2 aliphatic rings. The van der Waals surface area contributed by atoms with E-state index in [1.807, 2.05) is 50.2 Å². The number of thioether (sulfide) groups is 1. The first-order valence-corrected chi connectivity index (χ1v) is 11.6. The fourth-order valence-electron chi connectivity index (χ4n) is 3.77. The van der Waals surface area contributed by atoms with E-state index in [0.717, 1.165) is 16.8 Å². The number of nitrogens with zero attached hydrogens (tertiary/aromatic N) is 3. The quantitative estimate of drug-likeness (QED) is 0.676. The second-order valence-corrected chi connectivity index (χ2v) is 8.89. The minimum absolute atomic E-state index is 0.0650. The summed E-state index contributed by atoms with van der Waals surface area (Å²) in [5.74, 6) is 1.68. The lowest BCUT2D eigenvalue weighted by Crippen LogP contribution is -2.42. The van der Waals surface area contributed by atoms with Gasteiger partial charge in [-0.05, 0) is 24.1 Å². The van der Waals surface area contributed by atoms with Crippen molar-refractivity contribution in [1.82, 2.24) is 10.2 Å². The highest BCUT2D eigenvalue weighted by atomic mass is 32.2. The monoisotopic (exact) mass is 466 g/mol. The Kier molecular flexibility index (Phi) is 6.69. The number of methoxy groups -OCH3 is 2. The van der Waals surface area contributed by atoms with Crippen LogP contribution in [0.3, 0.4) is 0 Å². The first-order chi connectivity index (χ1) is 15.9. The molecule has 172 valence electrons. The predicted molar refractivity (Wildman–Crippen MR) is 129 cm³/mol. The predicted octanol–water partition coefficient (Wildman–Crippen LogP) is 3.37. The number of carbonyl (C=O) groups is 2. The highest BCUT2D eigenvalue weighted by Gasteiger charge is 2.42. The minimum atomic E-state index is -0.452. The Bertz CT molecular complexity index is 1150. The van der Waals surface area contributed by atoms with Gasteiger partial charge in [0.25, 0.3) is 5.91 Å². The molecule has 9 heteroatoms. The second kappa shape index (κ2) is 9.66. The Labute approximate surface area is 197 Å². The Morgan fingerprint density at radius 2 is 1.94 bits per heavy atom.